The fourth-order valence-corrected chi connectivity index (χ4v) is 2.38. The van der Waals surface area contributed by atoms with Gasteiger partial charge in [-0.25, -0.2) is 0 Å². The standard InChI is InChI=1S/C15H21NO2/c1-2-8-16-9-10-18-12-14(16)11-15(17)13-6-4-3-5-7-13/h2-7,14-15,17H,1,8-12H2. The summed E-state index contributed by atoms with van der Waals surface area (Å²) in [5.41, 5.74) is 0.974. The highest BCUT2D eigenvalue weighted by molar-refractivity contribution is 5.17. The van der Waals surface area contributed by atoms with Gasteiger partial charge in [0, 0.05) is 19.1 Å². The van der Waals surface area contributed by atoms with Crippen LogP contribution in [0.25, 0.3) is 0 Å². The minimum Gasteiger partial charge on any atom is -0.388 e. The van der Waals surface area contributed by atoms with Gasteiger partial charge in [0.25, 0.3) is 0 Å². The molecule has 0 amide bonds. The molecule has 2 atom stereocenters. The third-order valence-corrected chi connectivity index (χ3v) is 3.39. The van der Waals surface area contributed by atoms with Crippen molar-refractivity contribution in [2.45, 2.75) is 18.6 Å². The number of aliphatic hydroxyl groups is 1. The highest BCUT2D eigenvalue weighted by Gasteiger charge is 2.24. The summed E-state index contributed by atoms with van der Waals surface area (Å²) in [7, 11) is 0. The molecule has 0 saturated carbocycles. The zero-order chi connectivity index (χ0) is 12.8. The van der Waals surface area contributed by atoms with Crippen LogP contribution in [0.2, 0.25) is 0 Å². The number of ether oxygens (including phenoxy) is 1. The average Bonchev–Trinajstić information content (AvgIpc) is 2.42. The SMILES string of the molecule is C=CCN1CCOCC1CC(O)c1ccccc1. The van der Waals surface area contributed by atoms with E-state index < -0.39 is 6.10 Å². The minimum atomic E-state index is -0.426. The number of aliphatic hydroxyl groups excluding tert-OH is 1. The van der Waals surface area contributed by atoms with Gasteiger partial charge in [0.15, 0.2) is 0 Å². The normalized spacial score (nSPS) is 22.6. The molecule has 1 aromatic carbocycles. The van der Waals surface area contributed by atoms with Gasteiger partial charge in [-0.2, -0.15) is 0 Å². The number of hydrogen-bond donors (Lipinski definition) is 1. The van der Waals surface area contributed by atoms with E-state index in [0.717, 1.165) is 25.3 Å². The van der Waals surface area contributed by atoms with Crippen LogP contribution in [0.4, 0.5) is 0 Å². The van der Waals surface area contributed by atoms with Crippen molar-refractivity contribution in [3.8, 4) is 0 Å². The largest absolute Gasteiger partial charge is 0.388 e. The van der Waals surface area contributed by atoms with E-state index >= 15 is 0 Å². The highest BCUT2D eigenvalue weighted by atomic mass is 16.5. The van der Waals surface area contributed by atoms with E-state index in [1.807, 2.05) is 36.4 Å². The first-order valence-corrected chi connectivity index (χ1v) is 6.47. The van der Waals surface area contributed by atoms with E-state index in [1.165, 1.54) is 0 Å². The van der Waals surface area contributed by atoms with Gasteiger partial charge in [-0.1, -0.05) is 36.4 Å². The van der Waals surface area contributed by atoms with Crippen molar-refractivity contribution >= 4 is 0 Å². The molecule has 98 valence electrons. The minimum absolute atomic E-state index is 0.270. The monoisotopic (exact) mass is 247 g/mol. The Morgan fingerprint density at radius 3 is 2.94 bits per heavy atom. The summed E-state index contributed by atoms with van der Waals surface area (Å²) in [6.07, 6.45) is 2.19. The molecule has 1 aliphatic rings. The van der Waals surface area contributed by atoms with Crippen LogP contribution >= 0.6 is 0 Å². The summed E-state index contributed by atoms with van der Waals surface area (Å²) >= 11 is 0. The summed E-state index contributed by atoms with van der Waals surface area (Å²) in [4.78, 5) is 2.32. The Bertz CT molecular complexity index is 366. The second kappa shape index (κ2) is 6.69. The molecule has 1 fully saturated rings. The fraction of sp³-hybridized carbons (Fsp3) is 0.467. The van der Waals surface area contributed by atoms with Crippen LogP contribution in [0.3, 0.4) is 0 Å². The number of nitrogens with zero attached hydrogens (tertiary/aromatic N) is 1. The van der Waals surface area contributed by atoms with Crippen molar-refractivity contribution < 1.29 is 9.84 Å². The lowest BCUT2D eigenvalue weighted by atomic mass is 10.0. The van der Waals surface area contributed by atoms with Crippen molar-refractivity contribution in [3.05, 3.63) is 48.6 Å². The van der Waals surface area contributed by atoms with Crippen molar-refractivity contribution in [1.29, 1.82) is 0 Å². The zero-order valence-electron chi connectivity index (χ0n) is 10.7. The quantitative estimate of drug-likeness (QED) is 0.808. The van der Waals surface area contributed by atoms with Gasteiger partial charge in [-0.05, 0) is 12.0 Å². The molecular formula is C15H21NO2. The molecular weight excluding hydrogens is 226 g/mol. The summed E-state index contributed by atoms with van der Waals surface area (Å²) < 4.78 is 5.51. The molecule has 3 nitrogen and oxygen atoms in total. The van der Waals surface area contributed by atoms with Crippen LogP contribution in [0.15, 0.2) is 43.0 Å². The average molecular weight is 247 g/mol. The van der Waals surface area contributed by atoms with Crippen LogP contribution in [-0.4, -0.2) is 42.4 Å². The van der Waals surface area contributed by atoms with E-state index in [9.17, 15) is 5.11 Å². The van der Waals surface area contributed by atoms with E-state index in [1.54, 1.807) is 0 Å². The Labute approximate surface area is 109 Å². The van der Waals surface area contributed by atoms with E-state index in [2.05, 4.69) is 11.5 Å². The molecule has 1 N–H and O–H groups in total. The Morgan fingerprint density at radius 2 is 2.22 bits per heavy atom. The van der Waals surface area contributed by atoms with Gasteiger partial charge in [0.2, 0.25) is 0 Å². The molecule has 1 heterocycles. The van der Waals surface area contributed by atoms with Gasteiger partial charge in [0.05, 0.1) is 19.3 Å². The molecule has 0 spiro atoms. The third-order valence-electron chi connectivity index (χ3n) is 3.39. The van der Waals surface area contributed by atoms with Crippen LogP contribution in [0.1, 0.15) is 18.1 Å². The predicted molar refractivity (Wildman–Crippen MR) is 72.4 cm³/mol. The lowest BCUT2D eigenvalue weighted by Crippen LogP contribution is -2.46. The number of hydrogen-bond acceptors (Lipinski definition) is 3. The second-order valence-corrected chi connectivity index (χ2v) is 4.67. The first-order valence-electron chi connectivity index (χ1n) is 6.47. The maximum atomic E-state index is 10.3. The smallest absolute Gasteiger partial charge is 0.0805 e. The first kappa shape index (κ1) is 13.3. The molecule has 2 rings (SSSR count). The number of rotatable bonds is 5. The number of benzene rings is 1. The molecule has 2 unspecified atom stereocenters. The molecule has 18 heavy (non-hydrogen) atoms. The van der Waals surface area contributed by atoms with E-state index in [-0.39, 0.29) is 6.04 Å². The van der Waals surface area contributed by atoms with Crippen LogP contribution in [0, 0.1) is 0 Å². The molecule has 3 heteroatoms. The lowest BCUT2D eigenvalue weighted by Gasteiger charge is -2.35. The van der Waals surface area contributed by atoms with Crippen molar-refractivity contribution in [2.24, 2.45) is 0 Å². The van der Waals surface area contributed by atoms with E-state index in [0.29, 0.717) is 13.0 Å². The molecule has 0 aliphatic carbocycles. The Kier molecular flexibility index (Phi) is 4.93. The van der Waals surface area contributed by atoms with E-state index in [4.69, 9.17) is 4.74 Å². The van der Waals surface area contributed by atoms with Crippen molar-refractivity contribution in [3.63, 3.8) is 0 Å². The van der Waals surface area contributed by atoms with Crippen LogP contribution in [0.5, 0.6) is 0 Å². The number of morpholine rings is 1. The highest BCUT2D eigenvalue weighted by Crippen LogP contribution is 2.22. The summed E-state index contributed by atoms with van der Waals surface area (Å²) in [5.74, 6) is 0. The van der Waals surface area contributed by atoms with Crippen molar-refractivity contribution in [1.82, 2.24) is 4.90 Å². The van der Waals surface area contributed by atoms with Gasteiger partial charge in [-0.15, -0.1) is 6.58 Å². The van der Waals surface area contributed by atoms with Crippen LogP contribution < -0.4 is 0 Å². The van der Waals surface area contributed by atoms with Crippen LogP contribution in [-0.2, 0) is 4.74 Å². The maximum absolute atomic E-state index is 10.3. The lowest BCUT2D eigenvalue weighted by molar-refractivity contribution is -0.0208. The Morgan fingerprint density at radius 1 is 1.44 bits per heavy atom. The topological polar surface area (TPSA) is 32.7 Å². The molecule has 0 bridgehead atoms. The third kappa shape index (κ3) is 3.42. The Balaban J connectivity index is 1.96. The summed E-state index contributed by atoms with van der Waals surface area (Å²) in [6.45, 7) is 7.01. The Hall–Kier alpha value is -1.16. The molecule has 0 radical (unpaired) electrons. The zero-order valence-corrected chi connectivity index (χ0v) is 10.7. The van der Waals surface area contributed by atoms with Gasteiger partial charge >= 0.3 is 0 Å². The molecule has 1 aliphatic heterocycles. The van der Waals surface area contributed by atoms with Crippen molar-refractivity contribution in [2.75, 3.05) is 26.3 Å². The van der Waals surface area contributed by atoms with Gasteiger partial charge in [-0.3, -0.25) is 4.90 Å². The maximum Gasteiger partial charge on any atom is 0.0805 e. The first-order chi connectivity index (χ1) is 8.81. The molecule has 1 aromatic rings. The molecule has 1 saturated heterocycles. The fourth-order valence-electron chi connectivity index (χ4n) is 2.38. The molecule has 0 aromatic heterocycles. The second-order valence-electron chi connectivity index (χ2n) is 4.67. The predicted octanol–water partition coefficient (Wildman–Crippen LogP) is 2.00. The summed E-state index contributed by atoms with van der Waals surface area (Å²) in [6, 6.07) is 10.1. The van der Waals surface area contributed by atoms with Gasteiger partial charge < -0.3 is 9.84 Å². The van der Waals surface area contributed by atoms with Gasteiger partial charge in [0.1, 0.15) is 0 Å². The summed E-state index contributed by atoms with van der Waals surface area (Å²) in [5, 5.41) is 10.3.